The summed E-state index contributed by atoms with van der Waals surface area (Å²) in [6, 6.07) is -0.743. The van der Waals surface area contributed by atoms with Gasteiger partial charge in [-0.05, 0) is 34.6 Å². The van der Waals surface area contributed by atoms with Crippen molar-refractivity contribution in [1.82, 2.24) is 5.32 Å². The van der Waals surface area contributed by atoms with Crippen molar-refractivity contribution in [2.75, 3.05) is 6.61 Å². The van der Waals surface area contributed by atoms with Crippen LogP contribution < -0.4 is 5.32 Å². The van der Waals surface area contributed by atoms with Crippen LogP contribution in [0.15, 0.2) is 0 Å². The molecule has 3 N–H and O–H groups in total. The van der Waals surface area contributed by atoms with Crippen LogP contribution in [-0.2, 0) is 4.74 Å². The van der Waals surface area contributed by atoms with Crippen LogP contribution in [0.25, 0.3) is 0 Å². The predicted octanol–water partition coefficient (Wildman–Crippen LogP) is 0.643. The number of hydrogen-bond acceptors (Lipinski definition) is 4. The molecule has 0 aliphatic heterocycles. The monoisotopic (exact) mass is 219 g/mol. The van der Waals surface area contributed by atoms with E-state index in [4.69, 9.17) is 9.84 Å². The number of amides is 1. The summed E-state index contributed by atoms with van der Waals surface area (Å²) in [5, 5.41) is 21.0. The fraction of sp³-hybridized carbons (Fsp3) is 0.900. The third kappa shape index (κ3) is 6.30. The number of ether oxygens (including phenoxy) is 1. The Morgan fingerprint density at radius 2 is 1.80 bits per heavy atom. The minimum Gasteiger partial charge on any atom is -0.444 e. The molecule has 0 unspecified atom stereocenters. The molecule has 90 valence electrons. The number of carbonyl (C=O) groups excluding carboxylic acids is 1. The van der Waals surface area contributed by atoms with Crippen molar-refractivity contribution in [3.05, 3.63) is 0 Å². The Kier molecular flexibility index (Phi) is 4.55. The smallest absolute Gasteiger partial charge is 0.408 e. The maximum atomic E-state index is 11.3. The summed E-state index contributed by atoms with van der Waals surface area (Å²) in [6.45, 7) is 7.89. The van der Waals surface area contributed by atoms with Gasteiger partial charge in [-0.2, -0.15) is 0 Å². The van der Waals surface area contributed by atoms with Gasteiger partial charge in [0, 0.05) is 0 Å². The second kappa shape index (κ2) is 4.81. The molecule has 5 nitrogen and oxygen atoms in total. The van der Waals surface area contributed by atoms with Gasteiger partial charge in [0.05, 0.1) is 18.2 Å². The van der Waals surface area contributed by atoms with Crippen LogP contribution in [0.4, 0.5) is 4.79 Å². The molecule has 0 aromatic carbocycles. The van der Waals surface area contributed by atoms with Gasteiger partial charge >= 0.3 is 6.09 Å². The summed E-state index contributed by atoms with van der Waals surface area (Å²) < 4.78 is 4.99. The molecule has 0 fully saturated rings. The molecule has 0 radical (unpaired) electrons. The van der Waals surface area contributed by atoms with E-state index >= 15 is 0 Å². The Morgan fingerprint density at radius 3 is 2.07 bits per heavy atom. The lowest BCUT2D eigenvalue weighted by Gasteiger charge is -2.29. The Hall–Kier alpha value is -0.810. The van der Waals surface area contributed by atoms with Crippen molar-refractivity contribution >= 4 is 6.09 Å². The molecule has 0 saturated heterocycles. The number of carbonyl (C=O) groups is 1. The van der Waals surface area contributed by atoms with E-state index in [0.717, 1.165) is 0 Å². The van der Waals surface area contributed by atoms with E-state index in [2.05, 4.69) is 5.32 Å². The predicted molar refractivity (Wildman–Crippen MR) is 56.5 cm³/mol. The van der Waals surface area contributed by atoms with Crippen molar-refractivity contribution < 1.29 is 19.7 Å². The lowest BCUT2D eigenvalue weighted by molar-refractivity contribution is 0.00129. The molecule has 0 aromatic heterocycles. The summed E-state index contributed by atoms with van der Waals surface area (Å²) in [6.07, 6.45) is -0.649. The zero-order chi connectivity index (χ0) is 12.3. The van der Waals surface area contributed by atoms with Crippen molar-refractivity contribution in [2.45, 2.75) is 51.9 Å². The van der Waals surface area contributed by atoms with Gasteiger partial charge in [-0.15, -0.1) is 0 Å². The van der Waals surface area contributed by atoms with Crippen LogP contribution in [0.2, 0.25) is 0 Å². The summed E-state index contributed by atoms with van der Waals surface area (Å²) in [7, 11) is 0. The first-order chi connectivity index (χ1) is 6.56. The second-order valence-electron chi connectivity index (χ2n) is 5.04. The fourth-order valence-corrected chi connectivity index (χ4v) is 0.895. The number of hydrogen-bond donors (Lipinski definition) is 3. The molecule has 0 saturated carbocycles. The average molecular weight is 219 g/mol. The number of aliphatic hydroxyl groups excluding tert-OH is 1. The number of aliphatic hydroxyl groups is 2. The van der Waals surface area contributed by atoms with E-state index in [0.29, 0.717) is 0 Å². The van der Waals surface area contributed by atoms with E-state index in [-0.39, 0.29) is 6.61 Å². The fourth-order valence-electron chi connectivity index (χ4n) is 0.895. The van der Waals surface area contributed by atoms with Crippen molar-refractivity contribution in [3.63, 3.8) is 0 Å². The largest absolute Gasteiger partial charge is 0.444 e. The van der Waals surface area contributed by atoms with E-state index in [1.165, 1.54) is 13.8 Å². The molecular formula is C10H21NO4. The SMILES string of the molecule is CC(C)(C)OC(=O)N[C@@H](CO)C(C)(C)O. The third-order valence-corrected chi connectivity index (χ3v) is 1.73. The van der Waals surface area contributed by atoms with Crippen LogP contribution in [-0.4, -0.2) is 40.2 Å². The molecule has 0 spiro atoms. The standard InChI is InChI=1S/C10H21NO4/c1-9(2,3)15-8(13)11-7(6-12)10(4,5)14/h7,12,14H,6H2,1-5H3,(H,11,13)/t7-/m0/s1. The summed E-state index contributed by atoms with van der Waals surface area (Å²) in [4.78, 5) is 11.3. The van der Waals surface area contributed by atoms with Gasteiger partial charge in [-0.3, -0.25) is 0 Å². The van der Waals surface area contributed by atoms with Crippen LogP contribution in [0, 0.1) is 0 Å². The maximum absolute atomic E-state index is 11.3. The van der Waals surface area contributed by atoms with Crippen molar-refractivity contribution in [3.8, 4) is 0 Å². The van der Waals surface area contributed by atoms with Gasteiger partial charge in [0.2, 0.25) is 0 Å². The summed E-state index contributed by atoms with van der Waals surface area (Å²) >= 11 is 0. The van der Waals surface area contributed by atoms with Gasteiger partial charge < -0.3 is 20.3 Å². The normalized spacial score (nSPS) is 14.6. The van der Waals surface area contributed by atoms with Crippen LogP contribution in [0.3, 0.4) is 0 Å². The lowest BCUT2D eigenvalue weighted by Crippen LogP contribution is -2.52. The Balaban J connectivity index is 4.27. The molecule has 5 heteroatoms. The lowest BCUT2D eigenvalue weighted by atomic mass is 10.0. The van der Waals surface area contributed by atoms with Crippen LogP contribution in [0.5, 0.6) is 0 Å². The Morgan fingerprint density at radius 1 is 1.33 bits per heavy atom. The maximum Gasteiger partial charge on any atom is 0.408 e. The highest BCUT2D eigenvalue weighted by atomic mass is 16.6. The van der Waals surface area contributed by atoms with E-state index in [1.54, 1.807) is 20.8 Å². The van der Waals surface area contributed by atoms with E-state index < -0.39 is 23.3 Å². The molecule has 0 heterocycles. The second-order valence-corrected chi connectivity index (χ2v) is 5.04. The molecule has 1 amide bonds. The highest BCUT2D eigenvalue weighted by molar-refractivity contribution is 5.68. The first kappa shape index (κ1) is 14.2. The van der Waals surface area contributed by atoms with Crippen LogP contribution in [0.1, 0.15) is 34.6 Å². The quantitative estimate of drug-likeness (QED) is 0.651. The molecule has 0 aliphatic rings. The molecular weight excluding hydrogens is 198 g/mol. The summed E-state index contributed by atoms with van der Waals surface area (Å²) in [5.74, 6) is 0. The first-order valence-corrected chi connectivity index (χ1v) is 4.89. The molecule has 0 aromatic rings. The van der Waals surface area contributed by atoms with Crippen molar-refractivity contribution in [1.29, 1.82) is 0 Å². The topological polar surface area (TPSA) is 78.8 Å². The van der Waals surface area contributed by atoms with Gasteiger partial charge in [0.15, 0.2) is 0 Å². The summed E-state index contributed by atoms with van der Waals surface area (Å²) in [5.41, 5.74) is -1.78. The number of nitrogens with one attached hydrogen (secondary N) is 1. The van der Waals surface area contributed by atoms with Gasteiger partial charge in [0.25, 0.3) is 0 Å². The van der Waals surface area contributed by atoms with Gasteiger partial charge in [-0.25, -0.2) is 4.79 Å². The first-order valence-electron chi connectivity index (χ1n) is 4.89. The van der Waals surface area contributed by atoms with Crippen molar-refractivity contribution in [2.24, 2.45) is 0 Å². The van der Waals surface area contributed by atoms with Gasteiger partial charge in [0.1, 0.15) is 5.60 Å². The zero-order valence-corrected chi connectivity index (χ0v) is 10.00. The molecule has 0 bridgehead atoms. The number of rotatable bonds is 3. The molecule has 1 atom stereocenters. The third-order valence-electron chi connectivity index (χ3n) is 1.73. The minimum absolute atomic E-state index is 0.345. The molecule has 0 rings (SSSR count). The van der Waals surface area contributed by atoms with Gasteiger partial charge in [-0.1, -0.05) is 0 Å². The Bertz CT molecular complexity index is 214. The number of alkyl carbamates (subject to hydrolysis) is 1. The van der Waals surface area contributed by atoms with E-state index in [1.807, 2.05) is 0 Å². The highest BCUT2D eigenvalue weighted by Crippen LogP contribution is 2.10. The van der Waals surface area contributed by atoms with E-state index in [9.17, 15) is 9.90 Å². The average Bonchev–Trinajstić information content (AvgIpc) is 1.94. The van der Waals surface area contributed by atoms with Crippen LogP contribution >= 0.6 is 0 Å². The minimum atomic E-state index is -1.19. The Labute approximate surface area is 90.4 Å². The molecule has 15 heavy (non-hydrogen) atoms. The molecule has 0 aliphatic carbocycles. The highest BCUT2D eigenvalue weighted by Gasteiger charge is 2.29. The zero-order valence-electron chi connectivity index (χ0n) is 10.00.